The SMILES string of the molecule is O=P([O-])([O-])[O-].O=P([O-])([O-])[O-].O=P([O-])([O-])[O-].O=P([O-])([O-])[O-].[Tc+4].[Tc+4].[Tc+4]. The molecule has 0 rings (SSSR count). The summed E-state index contributed by atoms with van der Waals surface area (Å²) in [7, 11) is -21.6. The Balaban J connectivity index is -0.0000000284. The molecule has 0 aromatic heterocycles. The van der Waals surface area contributed by atoms with Crippen LogP contribution in [0.4, 0.5) is 0 Å². The van der Waals surface area contributed by atoms with E-state index < -0.39 is 31.3 Å². The molecule has 0 bridgehead atoms. The van der Waals surface area contributed by atoms with E-state index in [1.807, 2.05) is 0 Å². The standard InChI is InChI=1S/4H3O4P.3Tc/c4*1-5(2,3)4;;;/h4*(H3,1,2,3,4);;;/q;;;;3*+4/p-12. The molecule has 0 aliphatic heterocycles. The molecule has 0 aromatic carbocycles. The molecule has 0 saturated carbocycles. The first-order valence-corrected chi connectivity index (χ1v) is 8.76. The number of hydrogen-bond donors (Lipinski definition) is 0. The molecule has 0 saturated heterocycles. The van der Waals surface area contributed by atoms with Gasteiger partial charge in [0.15, 0.2) is 0 Å². The molecule has 0 heterocycles. The first kappa shape index (κ1) is 44.7. The van der Waals surface area contributed by atoms with Gasteiger partial charge in [-0.15, -0.1) is 0 Å². The Hall–Kier alpha value is 2.39. The van der Waals surface area contributed by atoms with E-state index in [1.54, 1.807) is 0 Å². The first-order chi connectivity index (χ1) is 8.00. The Morgan fingerprint density at radius 3 is 0.304 bits per heavy atom. The predicted octanol–water partition coefficient (Wildman–Crippen LogP) is -11.3. The largest absolute Gasteiger partial charge is 4.00 e. The summed E-state index contributed by atoms with van der Waals surface area (Å²) in [5.41, 5.74) is 0. The van der Waals surface area contributed by atoms with Gasteiger partial charge < -0.3 is 77.0 Å². The number of rotatable bonds is 0. The van der Waals surface area contributed by atoms with Gasteiger partial charge in [0, 0.05) is 0 Å². The number of hydrogen-bond acceptors (Lipinski definition) is 16. The minimum absolute atomic E-state index is 0. The van der Waals surface area contributed by atoms with E-state index in [0.29, 0.717) is 0 Å². The Morgan fingerprint density at radius 1 is 0.304 bits per heavy atom. The Labute approximate surface area is 168 Å². The molecule has 0 aliphatic carbocycles. The van der Waals surface area contributed by atoms with Crippen LogP contribution in [0.15, 0.2) is 0 Å². The smallest absolute Gasteiger partial charge is 0.822 e. The van der Waals surface area contributed by atoms with Crippen molar-refractivity contribution >= 4 is 31.3 Å². The third-order valence-corrected chi connectivity index (χ3v) is 0. The third kappa shape index (κ3) is 2140. The van der Waals surface area contributed by atoms with Crippen molar-refractivity contribution in [2.24, 2.45) is 0 Å². The molecule has 0 amide bonds. The van der Waals surface area contributed by atoms with Gasteiger partial charge in [-0.3, -0.25) is 0 Å². The van der Waals surface area contributed by atoms with Gasteiger partial charge in [-0.25, -0.2) is 0 Å². The van der Waals surface area contributed by atoms with E-state index in [4.69, 9.17) is 77.0 Å². The van der Waals surface area contributed by atoms with Gasteiger partial charge >= 0.3 is 60.3 Å². The summed E-state index contributed by atoms with van der Waals surface area (Å²) < 4.78 is 34.2. The summed E-state index contributed by atoms with van der Waals surface area (Å²) in [5, 5.41) is 0. The van der Waals surface area contributed by atoms with E-state index >= 15 is 0 Å². The zero-order valence-electron chi connectivity index (χ0n) is 9.45. The molecule has 23 heavy (non-hydrogen) atoms. The van der Waals surface area contributed by atoms with E-state index in [2.05, 4.69) is 0 Å². The fraction of sp³-hybridized carbons (Fsp3) is 0. The summed E-state index contributed by atoms with van der Waals surface area (Å²) in [6, 6.07) is 0. The number of phosphoric acid groups is 4. The summed E-state index contributed by atoms with van der Waals surface area (Å²) in [6.07, 6.45) is 0. The van der Waals surface area contributed by atoms with Crippen LogP contribution in [0.2, 0.25) is 0 Å². The first-order valence-electron chi connectivity index (χ1n) is 2.92. The Bertz CT molecular complexity index is 292. The molecular formula is O16P4Tc3. The van der Waals surface area contributed by atoms with Crippen molar-refractivity contribution < 1.29 is 137 Å². The van der Waals surface area contributed by atoms with Crippen molar-refractivity contribution in [2.45, 2.75) is 0 Å². The van der Waals surface area contributed by atoms with Crippen LogP contribution in [0.3, 0.4) is 0 Å². The molecule has 0 N–H and O–H groups in total. The van der Waals surface area contributed by atoms with Gasteiger partial charge in [-0.2, -0.15) is 31.3 Å². The van der Waals surface area contributed by atoms with Crippen molar-refractivity contribution in [1.29, 1.82) is 0 Å². The van der Waals surface area contributed by atoms with Gasteiger partial charge in [0.05, 0.1) is 0 Å². The quantitative estimate of drug-likeness (QED) is 0.215. The van der Waals surface area contributed by atoms with E-state index in [1.165, 1.54) is 0 Å². The predicted molar refractivity (Wildman–Crippen MR) is 30.4 cm³/mol. The normalized spacial score (nSPS) is 10.3. The van der Waals surface area contributed by atoms with Crippen LogP contribution >= 0.6 is 31.3 Å². The van der Waals surface area contributed by atoms with Crippen LogP contribution < -0.4 is 58.7 Å². The maximum Gasteiger partial charge on any atom is 4.00 e. The van der Waals surface area contributed by atoms with Gasteiger partial charge in [-0.1, -0.05) is 0 Å². The van der Waals surface area contributed by atoms with Crippen LogP contribution in [0.1, 0.15) is 0 Å². The fourth-order valence-corrected chi connectivity index (χ4v) is 0. The molecule has 23 heteroatoms. The summed E-state index contributed by atoms with van der Waals surface area (Å²) >= 11 is 0. The van der Waals surface area contributed by atoms with Gasteiger partial charge in [0.1, 0.15) is 0 Å². The minimum atomic E-state index is -5.39. The topological polar surface area (TPSA) is 345 Å². The van der Waals surface area contributed by atoms with Gasteiger partial charge in [0.2, 0.25) is 0 Å². The van der Waals surface area contributed by atoms with Crippen LogP contribution in [-0.4, -0.2) is 0 Å². The van der Waals surface area contributed by atoms with E-state index in [0.717, 1.165) is 0 Å². The molecule has 0 fully saturated rings. The molecule has 0 atom stereocenters. The Kier molecular flexibility index (Phi) is 37.2. The summed E-state index contributed by atoms with van der Waals surface area (Å²) in [6.45, 7) is 0. The average Bonchev–Trinajstić information content (AvgIpc) is 1.62. The second kappa shape index (κ2) is 19.2. The summed E-state index contributed by atoms with van der Waals surface area (Å²) in [4.78, 5) is 103. The van der Waals surface area contributed by atoms with E-state index in [-0.39, 0.29) is 60.3 Å². The van der Waals surface area contributed by atoms with Crippen LogP contribution in [0.25, 0.3) is 0 Å². The molecule has 0 spiro atoms. The minimum Gasteiger partial charge on any atom is -0.822 e. The molecule has 0 unspecified atom stereocenters. The summed E-state index contributed by atoms with van der Waals surface area (Å²) in [5.74, 6) is 0. The van der Waals surface area contributed by atoms with Crippen LogP contribution in [-0.2, 0) is 78.6 Å². The van der Waals surface area contributed by atoms with Crippen molar-refractivity contribution in [1.82, 2.24) is 0 Å². The second-order valence-electron chi connectivity index (χ2n) is 1.79. The van der Waals surface area contributed by atoms with Crippen molar-refractivity contribution in [3.63, 3.8) is 0 Å². The molecule has 0 aromatic rings. The van der Waals surface area contributed by atoms with Crippen LogP contribution in [0, 0.1) is 0 Å². The monoisotopic (exact) mass is 671 g/mol. The maximum absolute atomic E-state index is 8.55. The fourth-order valence-electron chi connectivity index (χ4n) is 0. The van der Waals surface area contributed by atoms with Gasteiger partial charge in [-0.05, 0) is 0 Å². The van der Waals surface area contributed by atoms with Crippen molar-refractivity contribution in [3.8, 4) is 0 Å². The molecular weight excluding hydrogens is 674 g/mol. The van der Waals surface area contributed by atoms with Crippen molar-refractivity contribution in [3.05, 3.63) is 0 Å². The zero-order valence-corrected chi connectivity index (χ0v) is 18.6. The second-order valence-corrected chi connectivity index (χ2v) is 5.37. The van der Waals surface area contributed by atoms with Crippen molar-refractivity contribution in [2.75, 3.05) is 0 Å². The maximum atomic E-state index is 8.55. The van der Waals surface area contributed by atoms with Crippen LogP contribution in [0.5, 0.6) is 0 Å². The Morgan fingerprint density at radius 2 is 0.304 bits per heavy atom. The molecule has 3 radical (unpaired) electrons. The van der Waals surface area contributed by atoms with E-state index in [9.17, 15) is 0 Å². The molecule has 137 valence electrons. The average molecular weight is 674 g/mol. The van der Waals surface area contributed by atoms with Gasteiger partial charge in [0.25, 0.3) is 0 Å². The third-order valence-electron chi connectivity index (χ3n) is 0. The molecule has 16 nitrogen and oxygen atoms in total. The zero-order chi connectivity index (χ0) is 18.0. The molecule has 0 aliphatic rings.